The van der Waals surface area contributed by atoms with Crippen molar-refractivity contribution in [2.75, 3.05) is 26.1 Å². The summed E-state index contributed by atoms with van der Waals surface area (Å²) in [5.41, 5.74) is 0.586. The number of likely N-dealkylation sites (tertiary alicyclic amines) is 1. The smallest absolute Gasteiger partial charge is 0.258 e. The Morgan fingerprint density at radius 3 is 2.86 bits per heavy atom. The number of benzene rings is 1. The van der Waals surface area contributed by atoms with Crippen LogP contribution in [-0.2, 0) is 0 Å². The fourth-order valence-electron chi connectivity index (χ4n) is 2.85. The third kappa shape index (κ3) is 3.70. The number of methoxy groups -OCH3 is 2. The molecular formula is C16H22BrNO3. The first-order valence-electron chi connectivity index (χ1n) is 7.30. The number of alkyl halides is 1. The Bertz CT molecular complexity index is 492. The van der Waals surface area contributed by atoms with Gasteiger partial charge in [0.2, 0.25) is 0 Å². The summed E-state index contributed by atoms with van der Waals surface area (Å²) in [5.74, 6) is 1.32. The minimum Gasteiger partial charge on any atom is -0.497 e. The standard InChI is InChI=1S/C16H22BrNO3/c1-20-13-7-8-15(21-2)14(11-13)16(19)18-10-4-6-12(18)5-3-9-17/h7-8,11-12H,3-6,9-10H2,1-2H3. The number of carbonyl (C=O) groups is 1. The SMILES string of the molecule is COc1ccc(OC)c(C(=O)N2CCCC2CCCBr)c1. The van der Waals surface area contributed by atoms with Crippen molar-refractivity contribution in [2.24, 2.45) is 0 Å². The summed E-state index contributed by atoms with van der Waals surface area (Å²) in [6.45, 7) is 0.826. The Labute approximate surface area is 134 Å². The molecule has 0 spiro atoms. The molecule has 5 heteroatoms. The van der Waals surface area contributed by atoms with E-state index < -0.39 is 0 Å². The average molecular weight is 356 g/mol. The summed E-state index contributed by atoms with van der Waals surface area (Å²) in [6.07, 6.45) is 4.29. The van der Waals surface area contributed by atoms with Crippen LogP contribution in [0.25, 0.3) is 0 Å². The minimum atomic E-state index is 0.0443. The van der Waals surface area contributed by atoms with E-state index in [2.05, 4.69) is 15.9 Å². The second-order valence-corrected chi connectivity index (χ2v) is 5.99. The van der Waals surface area contributed by atoms with Gasteiger partial charge in [-0.25, -0.2) is 0 Å². The molecule has 0 N–H and O–H groups in total. The molecule has 1 aromatic carbocycles. The van der Waals surface area contributed by atoms with Crippen molar-refractivity contribution >= 4 is 21.8 Å². The van der Waals surface area contributed by atoms with Gasteiger partial charge in [0, 0.05) is 17.9 Å². The lowest BCUT2D eigenvalue weighted by Crippen LogP contribution is -2.35. The Balaban J connectivity index is 2.22. The molecule has 1 aromatic rings. The molecular weight excluding hydrogens is 334 g/mol. The zero-order valence-electron chi connectivity index (χ0n) is 12.6. The van der Waals surface area contributed by atoms with Crippen molar-refractivity contribution in [3.63, 3.8) is 0 Å². The minimum absolute atomic E-state index is 0.0443. The number of carbonyl (C=O) groups excluding carboxylic acids is 1. The van der Waals surface area contributed by atoms with Crippen LogP contribution in [0.2, 0.25) is 0 Å². The molecule has 1 aliphatic heterocycles. The third-order valence-corrected chi connectivity index (χ3v) is 4.51. The van der Waals surface area contributed by atoms with Gasteiger partial charge in [-0.1, -0.05) is 15.9 Å². The maximum absolute atomic E-state index is 12.8. The monoisotopic (exact) mass is 355 g/mol. The summed E-state index contributed by atoms with van der Waals surface area (Å²) in [5, 5.41) is 0.980. The van der Waals surface area contributed by atoms with Crippen molar-refractivity contribution in [1.29, 1.82) is 0 Å². The molecule has 1 saturated heterocycles. The van der Waals surface area contributed by atoms with Crippen molar-refractivity contribution < 1.29 is 14.3 Å². The fourth-order valence-corrected chi connectivity index (χ4v) is 3.18. The van der Waals surface area contributed by atoms with Gasteiger partial charge in [0.25, 0.3) is 5.91 Å². The zero-order chi connectivity index (χ0) is 15.2. The average Bonchev–Trinajstić information content (AvgIpc) is 2.99. The van der Waals surface area contributed by atoms with Gasteiger partial charge in [-0.15, -0.1) is 0 Å². The van der Waals surface area contributed by atoms with Gasteiger partial charge >= 0.3 is 0 Å². The number of nitrogens with zero attached hydrogens (tertiary/aromatic N) is 1. The van der Waals surface area contributed by atoms with Crippen molar-refractivity contribution in [3.05, 3.63) is 23.8 Å². The van der Waals surface area contributed by atoms with Gasteiger partial charge in [0.1, 0.15) is 11.5 Å². The highest BCUT2D eigenvalue weighted by Gasteiger charge is 2.30. The Morgan fingerprint density at radius 2 is 2.19 bits per heavy atom. The van der Waals surface area contributed by atoms with E-state index in [1.165, 1.54) is 0 Å². The Hall–Kier alpha value is -1.23. The van der Waals surface area contributed by atoms with E-state index in [0.29, 0.717) is 23.1 Å². The molecule has 1 heterocycles. The highest BCUT2D eigenvalue weighted by Crippen LogP contribution is 2.29. The molecule has 0 saturated carbocycles. The number of ether oxygens (including phenoxy) is 2. The summed E-state index contributed by atoms with van der Waals surface area (Å²) in [7, 11) is 3.19. The molecule has 0 bridgehead atoms. The van der Waals surface area contributed by atoms with Gasteiger partial charge in [-0.05, 0) is 43.9 Å². The molecule has 1 fully saturated rings. The van der Waals surface area contributed by atoms with Gasteiger partial charge < -0.3 is 14.4 Å². The molecule has 0 aliphatic carbocycles. The van der Waals surface area contributed by atoms with E-state index >= 15 is 0 Å². The molecule has 116 valence electrons. The van der Waals surface area contributed by atoms with Gasteiger partial charge in [-0.3, -0.25) is 4.79 Å². The van der Waals surface area contributed by atoms with Crippen LogP contribution in [0.4, 0.5) is 0 Å². The van der Waals surface area contributed by atoms with Crippen LogP contribution in [-0.4, -0.2) is 42.9 Å². The van der Waals surface area contributed by atoms with E-state index in [4.69, 9.17) is 9.47 Å². The summed E-state index contributed by atoms with van der Waals surface area (Å²) in [4.78, 5) is 14.8. The largest absolute Gasteiger partial charge is 0.497 e. The summed E-state index contributed by atoms with van der Waals surface area (Å²) in [6, 6.07) is 5.70. The number of hydrogen-bond acceptors (Lipinski definition) is 3. The lowest BCUT2D eigenvalue weighted by Gasteiger charge is -2.25. The van der Waals surface area contributed by atoms with Crippen molar-refractivity contribution in [2.45, 2.75) is 31.7 Å². The molecule has 0 aromatic heterocycles. The molecule has 1 atom stereocenters. The number of rotatable bonds is 6. The second kappa shape index (κ2) is 7.69. The lowest BCUT2D eigenvalue weighted by atomic mass is 10.1. The third-order valence-electron chi connectivity index (χ3n) is 3.95. The maximum Gasteiger partial charge on any atom is 0.258 e. The molecule has 1 amide bonds. The first kappa shape index (κ1) is 16.1. The van der Waals surface area contributed by atoms with E-state index in [1.807, 2.05) is 11.0 Å². The lowest BCUT2D eigenvalue weighted by molar-refractivity contribution is 0.0726. The summed E-state index contributed by atoms with van der Waals surface area (Å²) >= 11 is 3.46. The molecule has 1 aliphatic rings. The van der Waals surface area contributed by atoms with E-state index in [9.17, 15) is 4.79 Å². The highest BCUT2D eigenvalue weighted by molar-refractivity contribution is 9.09. The van der Waals surface area contributed by atoms with Gasteiger partial charge in [0.05, 0.1) is 19.8 Å². The van der Waals surface area contributed by atoms with Crippen LogP contribution in [0, 0.1) is 0 Å². The number of halogens is 1. The van der Waals surface area contributed by atoms with Crippen LogP contribution < -0.4 is 9.47 Å². The number of amides is 1. The van der Waals surface area contributed by atoms with Crippen LogP contribution in [0.5, 0.6) is 11.5 Å². The van der Waals surface area contributed by atoms with Crippen molar-refractivity contribution in [3.8, 4) is 11.5 Å². The highest BCUT2D eigenvalue weighted by atomic mass is 79.9. The quantitative estimate of drug-likeness (QED) is 0.733. The maximum atomic E-state index is 12.8. The first-order valence-corrected chi connectivity index (χ1v) is 8.42. The first-order chi connectivity index (χ1) is 10.2. The molecule has 1 unspecified atom stereocenters. The van der Waals surface area contributed by atoms with E-state index in [-0.39, 0.29) is 5.91 Å². The van der Waals surface area contributed by atoms with Crippen LogP contribution in [0.15, 0.2) is 18.2 Å². The van der Waals surface area contributed by atoms with Crippen LogP contribution in [0.3, 0.4) is 0 Å². The van der Waals surface area contributed by atoms with Crippen LogP contribution in [0.1, 0.15) is 36.0 Å². The molecule has 4 nitrogen and oxygen atoms in total. The predicted octanol–water partition coefficient (Wildman–Crippen LogP) is 3.48. The Kier molecular flexibility index (Phi) is 5.91. The normalized spacial score (nSPS) is 17.9. The molecule has 2 rings (SSSR count). The topological polar surface area (TPSA) is 38.8 Å². The summed E-state index contributed by atoms with van der Waals surface area (Å²) < 4.78 is 10.6. The second-order valence-electron chi connectivity index (χ2n) is 5.19. The number of hydrogen-bond donors (Lipinski definition) is 0. The van der Waals surface area contributed by atoms with Gasteiger partial charge in [-0.2, -0.15) is 0 Å². The van der Waals surface area contributed by atoms with Crippen LogP contribution >= 0.6 is 15.9 Å². The molecule has 0 radical (unpaired) electrons. The fraction of sp³-hybridized carbons (Fsp3) is 0.562. The van der Waals surface area contributed by atoms with Gasteiger partial charge in [0.15, 0.2) is 0 Å². The van der Waals surface area contributed by atoms with Crippen molar-refractivity contribution in [1.82, 2.24) is 4.90 Å². The van der Waals surface area contributed by atoms with E-state index in [1.54, 1.807) is 26.4 Å². The Morgan fingerprint density at radius 1 is 1.38 bits per heavy atom. The zero-order valence-corrected chi connectivity index (χ0v) is 14.2. The predicted molar refractivity (Wildman–Crippen MR) is 86.6 cm³/mol. The molecule has 21 heavy (non-hydrogen) atoms. The van der Waals surface area contributed by atoms with E-state index in [0.717, 1.165) is 37.6 Å².